The van der Waals surface area contributed by atoms with Gasteiger partial charge in [-0.1, -0.05) is 13.0 Å². The average Bonchev–Trinajstić information content (AvgIpc) is 3.30. The Hall–Kier alpha value is -3.60. The fourth-order valence-corrected chi connectivity index (χ4v) is 3.03. The van der Waals surface area contributed by atoms with E-state index in [4.69, 9.17) is 10.5 Å². The van der Waals surface area contributed by atoms with Crippen molar-refractivity contribution < 1.29 is 4.74 Å². The first-order chi connectivity index (χ1) is 12.2. The van der Waals surface area contributed by atoms with Crippen LogP contribution in [0.25, 0.3) is 5.82 Å². The summed E-state index contributed by atoms with van der Waals surface area (Å²) in [5, 5.41) is 16.7. The molecule has 3 aromatic rings. The predicted molar refractivity (Wildman–Crippen MR) is 88.6 cm³/mol. The molecule has 25 heavy (non-hydrogen) atoms. The molecule has 8 heteroatoms. The Morgan fingerprint density at radius 3 is 2.96 bits per heavy atom. The Morgan fingerprint density at radius 2 is 2.32 bits per heavy atom. The van der Waals surface area contributed by atoms with Gasteiger partial charge in [0, 0.05) is 18.6 Å². The molecule has 0 radical (unpaired) electrons. The van der Waals surface area contributed by atoms with Gasteiger partial charge < -0.3 is 10.5 Å². The lowest BCUT2D eigenvalue weighted by atomic mass is 9.84. The highest BCUT2D eigenvalue weighted by atomic mass is 16.5. The summed E-state index contributed by atoms with van der Waals surface area (Å²) in [5.41, 5.74) is 8.84. The normalized spacial score (nSPS) is 16.2. The summed E-state index contributed by atoms with van der Waals surface area (Å²) in [6.45, 7) is 2.00. The van der Waals surface area contributed by atoms with Crippen LogP contribution in [0.1, 0.15) is 29.7 Å². The number of nitrogens with two attached hydrogens (primary N) is 1. The van der Waals surface area contributed by atoms with E-state index in [0.717, 1.165) is 22.6 Å². The molecule has 1 unspecified atom stereocenters. The second-order valence-corrected chi connectivity index (χ2v) is 5.61. The van der Waals surface area contributed by atoms with Crippen molar-refractivity contribution in [2.45, 2.75) is 19.3 Å². The summed E-state index contributed by atoms with van der Waals surface area (Å²) in [5.74, 6) is 0.959. The third-order valence-corrected chi connectivity index (χ3v) is 4.23. The number of aromatic amines is 1. The topological polar surface area (TPSA) is 118 Å². The van der Waals surface area contributed by atoms with Gasteiger partial charge >= 0.3 is 0 Å². The number of hydrogen-bond acceptors (Lipinski definition) is 6. The van der Waals surface area contributed by atoms with Crippen molar-refractivity contribution in [3.05, 3.63) is 65.3 Å². The van der Waals surface area contributed by atoms with E-state index in [1.807, 2.05) is 29.8 Å². The lowest BCUT2D eigenvalue weighted by Gasteiger charge is -2.24. The maximum atomic E-state index is 9.59. The van der Waals surface area contributed by atoms with Gasteiger partial charge in [0.25, 0.3) is 0 Å². The van der Waals surface area contributed by atoms with Crippen LogP contribution < -0.4 is 10.5 Å². The van der Waals surface area contributed by atoms with E-state index in [-0.39, 0.29) is 11.8 Å². The van der Waals surface area contributed by atoms with Crippen LogP contribution in [0.5, 0.6) is 5.88 Å². The molecule has 0 aromatic carbocycles. The molecule has 4 heterocycles. The first-order valence-corrected chi connectivity index (χ1v) is 7.82. The lowest BCUT2D eigenvalue weighted by molar-refractivity contribution is 0.378. The van der Waals surface area contributed by atoms with Crippen molar-refractivity contribution >= 4 is 0 Å². The molecule has 1 aliphatic heterocycles. The van der Waals surface area contributed by atoms with Crippen LogP contribution in [0.15, 0.2) is 48.5 Å². The summed E-state index contributed by atoms with van der Waals surface area (Å²) in [6, 6.07) is 5.98. The Morgan fingerprint density at radius 1 is 1.44 bits per heavy atom. The van der Waals surface area contributed by atoms with Gasteiger partial charge in [0.2, 0.25) is 11.8 Å². The highest BCUT2D eigenvalue weighted by Crippen LogP contribution is 2.42. The maximum Gasteiger partial charge on any atom is 0.221 e. The summed E-state index contributed by atoms with van der Waals surface area (Å²) < 4.78 is 7.35. The van der Waals surface area contributed by atoms with Crippen molar-refractivity contribution in [2.75, 3.05) is 0 Å². The molecular weight excluding hydrogens is 318 g/mol. The molecule has 1 aliphatic rings. The van der Waals surface area contributed by atoms with Gasteiger partial charge in [0.1, 0.15) is 23.8 Å². The highest BCUT2D eigenvalue weighted by molar-refractivity contribution is 5.55. The zero-order valence-corrected chi connectivity index (χ0v) is 13.5. The molecule has 124 valence electrons. The molecule has 3 N–H and O–H groups in total. The number of imidazole rings is 1. The fraction of sp³-hybridized carbons (Fsp3) is 0.176. The van der Waals surface area contributed by atoms with Gasteiger partial charge in [-0.05, 0) is 18.1 Å². The lowest BCUT2D eigenvalue weighted by Crippen LogP contribution is -2.21. The molecule has 1 atom stereocenters. The molecule has 0 fully saturated rings. The average molecular weight is 333 g/mol. The van der Waals surface area contributed by atoms with E-state index in [0.29, 0.717) is 17.9 Å². The highest BCUT2D eigenvalue weighted by Gasteiger charge is 2.34. The molecule has 0 saturated carbocycles. The van der Waals surface area contributed by atoms with Crippen molar-refractivity contribution in [1.82, 2.24) is 24.7 Å². The van der Waals surface area contributed by atoms with Crippen molar-refractivity contribution in [1.29, 1.82) is 5.26 Å². The first-order valence-electron chi connectivity index (χ1n) is 7.82. The van der Waals surface area contributed by atoms with E-state index in [1.165, 1.54) is 0 Å². The number of nitriles is 1. The molecule has 4 rings (SSSR count). The minimum absolute atomic E-state index is 0.0880. The number of hydrogen-bond donors (Lipinski definition) is 2. The van der Waals surface area contributed by atoms with Crippen LogP contribution in [-0.4, -0.2) is 24.7 Å². The van der Waals surface area contributed by atoms with Crippen LogP contribution in [0, 0.1) is 11.3 Å². The van der Waals surface area contributed by atoms with E-state index < -0.39 is 0 Å². The minimum atomic E-state index is -0.355. The number of nitrogens with zero attached hydrogens (tertiary/aromatic N) is 5. The zero-order valence-electron chi connectivity index (χ0n) is 13.5. The number of allylic oxidation sites excluding steroid dienone is 1. The number of rotatable bonds is 3. The van der Waals surface area contributed by atoms with Crippen LogP contribution >= 0.6 is 0 Å². The predicted octanol–water partition coefficient (Wildman–Crippen LogP) is 1.77. The molecule has 0 spiro atoms. The summed E-state index contributed by atoms with van der Waals surface area (Å²) in [4.78, 5) is 8.50. The van der Waals surface area contributed by atoms with E-state index in [1.54, 1.807) is 18.7 Å². The first kappa shape index (κ1) is 15.0. The van der Waals surface area contributed by atoms with Gasteiger partial charge in [-0.25, -0.2) is 15.1 Å². The van der Waals surface area contributed by atoms with Crippen molar-refractivity contribution in [2.24, 2.45) is 5.73 Å². The Balaban J connectivity index is 1.83. The minimum Gasteiger partial charge on any atom is -0.422 e. The second-order valence-electron chi connectivity index (χ2n) is 5.61. The van der Waals surface area contributed by atoms with Crippen molar-refractivity contribution in [3.63, 3.8) is 0 Å². The number of aryl methyl sites for hydroxylation is 1. The molecule has 3 aromatic heterocycles. The van der Waals surface area contributed by atoms with Gasteiger partial charge in [-0.3, -0.25) is 4.57 Å². The largest absolute Gasteiger partial charge is 0.422 e. The Labute approximate surface area is 143 Å². The molecule has 0 aliphatic carbocycles. The van der Waals surface area contributed by atoms with Crippen LogP contribution in [0.3, 0.4) is 0 Å². The molecule has 8 nitrogen and oxygen atoms in total. The summed E-state index contributed by atoms with van der Waals surface area (Å²) in [6.07, 6.45) is 7.64. The zero-order chi connectivity index (χ0) is 17.4. The third-order valence-electron chi connectivity index (χ3n) is 4.23. The standard InChI is InChI=1S/C17H15N7O/c1-2-12-15-14(11(7-18)16(19)25-17(15)23-22-12)10-3-4-13(21-8-10)24-6-5-20-9-24/h3-6,8-9,14H,2,19H2,1H3,(H,22,23). The fourth-order valence-electron chi connectivity index (χ4n) is 3.03. The summed E-state index contributed by atoms with van der Waals surface area (Å²) in [7, 11) is 0. The third kappa shape index (κ3) is 2.33. The Kier molecular flexibility index (Phi) is 3.47. The van der Waals surface area contributed by atoms with Gasteiger partial charge in [0.05, 0.1) is 17.2 Å². The quantitative estimate of drug-likeness (QED) is 0.754. The molecule has 0 amide bonds. The smallest absolute Gasteiger partial charge is 0.221 e. The van der Waals surface area contributed by atoms with E-state index >= 15 is 0 Å². The number of nitrogens with one attached hydrogen (secondary N) is 1. The number of pyridine rings is 1. The van der Waals surface area contributed by atoms with Gasteiger partial charge in [-0.2, -0.15) is 10.4 Å². The monoisotopic (exact) mass is 333 g/mol. The van der Waals surface area contributed by atoms with Gasteiger partial charge in [0.15, 0.2) is 0 Å². The second kappa shape index (κ2) is 5.79. The van der Waals surface area contributed by atoms with Crippen LogP contribution in [0.2, 0.25) is 0 Å². The molecule has 0 bridgehead atoms. The number of fused-ring (bicyclic) bond motifs is 1. The van der Waals surface area contributed by atoms with E-state index in [2.05, 4.69) is 26.2 Å². The SMILES string of the molecule is CCc1n[nH]c2c1C(c1ccc(-n3ccnc3)nc1)C(C#N)=C(N)O2. The number of H-pyrrole nitrogens is 1. The maximum absolute atomic E-state index is 9.59. The van der Waals surface area contributed by atoms with Crippen molar-refractivity contribution in [3.8, 4) is 17.8 Å². The molecule has 0 saturated heterocycles. The molecular formula is C17H15N7O. The van der Waals surface area contributed by atoms with Crippen LogP contribution in [0.4, 0.5) is 0 Å². The van der Waals surface area contributed by atoms with Gasteiger partial charge in [-0.15, -0.1) is 0 Å². The number of aromatic nitrogens is 5. The summed E-state index contributed by atoms with van der Waals surface area (Å²) >= 11 is 0. The van der Waals surface area contributed by atoms with E-state index in [9.17, 15) is 5.26 Å². The number of ether oxygens (including phenoxy) is 1. The Bertz CT molecular complexity index is 977. The van der Waals surface area contributed by atoms with Crippen LogP contribution in [-0.2, 0) is 6.42 Å².